The number of pyridine rings is 1. The summed E-state index contributed by atoms with van der Waals surface area (Å²) >= 11 is 0. The van der Waals surface area contributed by atoms with Crippen LogP contribution in [0.2, 0.25) is 0 Å². The first-order valence-electron chi connectivity index (χ1n) is 6.62. The Bertz CT molecular complexity index is 628. The smallest absolute Gasteiger partial charge is 0.311 e. The largest absolute Gasteiger partial charge is 0.334 e. The van der Waals surface area contributed by atoms with Crippen LogP contribution in [0, 0.1) is 10.1 Å². The monoisotopic (exact) mass is 287 g/mol. The molecule has 2 aromatic rings. The number of hydrogen-bond acceptors (Lipinski definition) is 6. The van der Waals surface area contributed by atoms with Gasteiger partial charge < -0.3 is 10.7 Å². The fourth-order valence-electron chi connectivity index (χ4n) is 1.95. The van der Waals surface area contributed by atoms with Crippen molar-refractivity contribution in [3.05, 3.63) is 52.1 Å². The normalized spacial score (nSPS) is 10.2. The van der Waals surface area contributed by atoms with Gasteiger partial charge in [0.1, 0.15) is 5.82 Å². The second-order valence-electron chi connectivity index (χ2n) is 4.54. The van der Waals surface area contributed by atoms with Crippen molar-refractivity contribution in [1.82, 2.24) is 4.98 Å². The molecule has 0 atom stereocenters. The van der Waals surface area contributed by atoms with E-state index in [1.807, 2.05) is 24.3 Å². The van der Waals surface area contributed by atoms with E-state index in [9.17, 15) is 10.1 Å². The van der Waals surface area contributed by atoms with Crippen LogP contribution in [0.4, 0.5) is 23.0 Å². The standard InChI is InChI=1S/C14H17N5O2/c1-2-3-10-4-6-11(7-5-10)16-14-12(19(20)21)8-9-13(17-14)18-15/h4-9H,2-3,15H2,1H3,(H2,16,17,18). The molecule has 4 N–H and O–H groups in total. The maximum absolute atomic E-state index is 11.0. The number of hydrogen-bond donors (Lipinski definition) is 3. The first kappa shape index (κ1) is 14.7. The first-order valence-corrected chi connectivity index (χ1v) is 6.62. The minimum atomic E-state index is -0.485. The number of aromatic nitrogens is 1. The molecule has 0 fully saturated rings. The van der Waals surface area contributed by atoms with E-state index in [1.54, 1.807) is 0 Å². The van der Waals surface area contributed by atoms with E-state index in [1.165, 1.54) is 17.7 Å². The van der Waals surface area contributed by atoms with Crippen LogP contribution in [-0.2, 0) is 6.42 Å². The summed E-state index contributed by atoms with van der Waals surface area (Å²) in [5, 5.41) is 14.0. The Morgan fingerprint density at radius 2 is 1.95 bits per heavy atom. The SMILES string of the molecule is CCCc1ccc(Nc2nc(NN)ccc2[N+](=O)[O-])cc1. The van der Waals surface area contributed by atoms with Crippen molar-refractivity contribution in [3.63, 3.8) is 0 Å². The van der Waals surface area contributed by atoms with Gasteiger partial charge in [0.15, 0.2) is 0 Å². The van der Waals surface area contributed by atoms with Crippen molar-refractivity contribution in [3.8, 4) is 0 Å². The summed E-state index contributed by atoms with van der Waals surface area (Å²) in [6.45, 7) is 2.12. The predicted molar refractivity (Wildman–Crippen MR) is 82.4 cm³/mol. The number of benzene rings is 1. The van der Waals surface area contributed by atoms with Gasteiger partial charge in [0, 0.05) is 11.8 Å². The fraction of sp³-hybridized carbons (Fsp3) is 0.214. The minimum absolute atomic E-state index is 0.105. The summed E-state index contributed by atoms with van der Waals surface area (Å²) in [7, 11) is 0. The van der Waals surface area contributed by atoms with Crippen LogP contribution in [0.5, 0.6) is 0 Å². The zero-order valence-corrected chi connectivity index (χ0v) is 11.7. The van der Waals surface area contributed by atoms with Crippen LogP contribution in [-0.4, -0.2) is 9.91 Å². The average molecular weight is 287 g/mol. The Morgan fingerprint density at radius 3 is 2.52 bits per heavy atom. The molecular formula is C14H17N5O2. The van der Waals surface area contributed by atoms with E-state index in [0.717, 1.165) is 18.5 Å². The van der Waals surface area contributed by atoms with Crippen molar-refractivity contribution in [1.29, 1.82) is 0 Å². The highest BCUT2D eigenvalue weighted by molar-refractivity contribution is 5.67. The number of rotatable bonds is 6. The van der Waals surface area contributed by atoms with Crippen LogP contribution >= 0.6 is 0 Å². The summed E-state index contributed by atoms with van der Waals surface area (Å²) in [4.78, 5) is 14.6. The molecule has 1 aromatic heterocycles. The van der Waals surface area contributed by atoms with Crippen LogP contribution in [0.15, 0.2) is 36.4 Å². The Labute approximate surface area is 122 Å². The van der Waals surface area contributed by atoms with Gasteiger partial charge in [-0.1, -0.05) is 25.5 Å². The second kappa shape index (κ2) is 6.67. The zero-order chi connectivity index (χ0) is 15.2. The van der Waals surface area contributed by atoms with Gasteiger partial charge in [0.05, 0.1) is 4.92 Å². The molecule has 0 aliphatic heterocycles. The summed E-state index contributed by atoms with van der Waals surface area (Å²) in [6, 6.07) is 10.5. The minimum Gasteiger partial charge on any atom is -0.334 e. The number of anilines is 3. The number of nitrogens with zero attached hydrogens (tertiary/aromatic N) is 2. The molecule has 0 aliphatic rings. The highest BCUT2D eigenvalue weighted by atomic mass is 16.6. The third kappa shape index (κ3) is 3.67. The molecule has 1 aromatic carbocycles. The molecule has 0 spiro atoms. The first-order chi connectivity index (χ1) is 10.1. The average Bonchev–Trinajstić information content (AvgIpc) is 2.49. The van der Waals surface area contributed by atoms with Gasteiger partial charge in [-0.15, -0.1) is 0 Å². The van der Waals surface area contributed by atoms with Gasteiger partial charge in [0.2, 0.25) is 5.82 Å². The molecular weight excluding hydrogens is 270 g/mol. The zero-order valence-electron chi connectivity index (χ0n) is 11.7. The number of nitro groups is 1. The topological polar surface area (TPSA) is 106 Å². The van der Waals surface area contributed by atoms with E-state index in [4.69, 9.17) is 5.84 Å². The lowest BCUT2D eigenvalue weighted by Crippen LogP contribution is -2.10. The van der Waals surface area contributed by atoms with E-state index in [0.29, 0.717) is 5.82 Å². The van der Waals surface area contributed by atoms with Gasteiger partial charge in [-0.2, -0.15) is 0 Å². The predicted octanol–water partition coefficient (Wildman–Crippen LogP) is 2.97. The summed E-state index contributed by atoms with van der Waals surface area (Å²) < 4.78 is 0. The molecule has 0 amide bonds. The van der Waals surface area contributed by atoms with Crippen molar-refractivity contribution in [2.45, 2.75) is 19.8 Å². The third-order valence-corrected chi connectivity index (χ3v) is 2.97. The van der Waals surface area contributed by atoms with Gasteiger partial charge in [-0.05, 0) is 30.2 Å². The van der Waals surface area contributed by atoms with Crippen LogP contribution in [0.25, 0.3) is 0 Å². The van der Waals surface area contributed by atoms with Crippen molar-refractivity contribution < 1.29 is 4.92 Å². The lowest BCUT2D eigenvalue weighted by atomic mass is 10.1. The maximum atomic E-state index is 11.0. The molecule has 0 radical (unpaired) electrons. The second-order valence-corrected chi connectivity index (χ2v) is 4.54. The molecule has 0 saturated carbocycles. The van der Waals surface area contributed by atoms with E-state index < -0.39 is 4.92 Å². The highest BCUT2D eigenvalue weighted by Crippen LogP contribution is 2.27. The number of nitrogen functional groups attached to an aromatic ring is 1. The van der Waals surface area contributed by atoms with Crippen LogP contribution in [0.1, 0.15) is 18.9 Å². The quantitative estimate of drug-likeness (QED) is 0.428. The summed E-state index contributed by atoms with van der Waals surface area (Å²) in [5.41, 5.74) is 4.23. The number of nitrogens with one attached hydrogen (secondary N) is 2. The molecule has 0 aliphatic carbocycles. The fourth-order valence-corrected chi connectivity index (χ4v) is 1.95. The molecule has 0 saturated heterocycles. The van der Waals surface area contributed by atoms with Crippen molar-refractivity contribution in [2.75, 3.05) is 10.7 Å². The van der Waals surface area contributed by atoms with Gasteiger partial charge >= 0.3 is 5.69 Å². The van der Waals surface area contributed by atoms with Crippen molar-refractivity contribution in [2.24, 2.45) is 5.84 Å². The van der Waals surface area contributed by atoms with Gasteiger partial charge in [-0.25, -0.2) is 10.8 Å². The molecule has 110 valence electrons. The van der Waals surface area contributed by atoms with E-state index in [2.05, 4.69) is 22.7 Å². The summed E-state index contributed by atoms with van der Waals surface area (Å²) in [5.74, 6) is 5.79. The highest BCUT2D eigenvalue weighted by Gasteiger charge is 2.16. The van der Waals surface area contributed by atoms with Crippen molar-refractivity contribution >= 4 is 23.0 Å². The number of aryl methyl sites for hydroxylation is 1. The molecule has 0 bridgehead atoms. The van der Waals surface area contributed by atoms with Gasteiger partial charge in [-0.3, -0.25) is 10.1 Å². The third-order valence-electron chi connectivity index (χ3n) is 2.97. The van der Waals surface area contributed by atoms with Gasteiger partial charge in [0.25, 0.3) is 0 Å². The molecule has 7 heteroatoms. The molecule has 0 unspecified atom stereocenters. The maximum Gasteiger partial charge on any atom is 0.311 e. The summed E-state index contributed by atoms with van der Waals surface area (Å²) in [6.07, 6.45) is 2.08. The number of hydrazine groups is 1. The molecule has 1 heterocycles. The lowest BCUT2D eigenvalue weighted by Gasteiger charge is -2.08. The van der Waals surface area contributed by atoms with E-state index in [-0.39, 0.29) is 11.5 Å². The number of nitrogens with two attached hydrogens (primary N) is 1. The van der Waals surface area contributed by atoms with E-state index >= 15 is 0 Å². The Hall–Kier alpha value is -2.67. The lowest BCUT2D eigenvalue weighted by molar-refractivity contribution is -0.384. The molecule has 2 rings (SSSR count). The molecule has 7 nitrogen and oxygen atoms in total. The Morgan fingerprint density at radius 1 is 1.24 bits per heavy atom. The Kier molecular flexibility index (Phi) is 4.68. The van der Waals surface area contributed by atoms with Crippen LogP contribution < -0.4 is 16.6 Å². The van der Waals surface area contributed by atoms with Crippen LogP contribution in [0.3, 0.4) is 0 Å². The molecule has 21 heavy (non-hydrogen) atoms. The Balaban J connectivity index is 2.26.